The first-order valence-corrected chi connectivity index (χ1v) is 6.46. The molecule has 108 valence electrons. The second kappa shape index (κ2) is 6.27. The minimum atomic E-state index is -0.455. The van der Waals surface area contributed by atoms with Crippen molar-refractivity contribution in [2.75, 3.05) is 10.6 Å². The lowest BCUT2D eigenvalue weighted by molar-refractivity contribution is -0.385. The Bertz CT molecular complexity index is 706. The van der Waals surface area contributed by atoms with Crippen LogP contribution >= 0.6 is 12.2 Å². The van der Waals surface area contributed by atoms with Gasteiger partial charge in [-0.3, -0.25) is 10.1 Å². The SMILES string of the molecule is Cc1c(NC(=S)Nc2cccc(F)c2)cccc1[N+](=O)[O-]. The lowest BCUT2D eigenvalue weighted by Gasteiger charge is -2.12. The second-order valence-corrected chi connectivity index (χ2v) is 4.70. The molecule has 0 saturated heterocycles. The average molecular weight is 305 g/mol. The maximum absolute atomic E-state index is 13.1. The third-order valence-electron chi connectivity index (χ3n) is 2.83. The number of nitro benzene ring substituents is 1. The lowest BCUT2D eigenvalue weighted by atomic mass is 10.1. The molecule has 0 aromatic heterocycles. The molecular weight excluding hydrogens is 293 g/mol. The van der Waals surface area contributed by atoms with E-state index in [1.165, 1.54) is 18.2 Å². The summed E-state index contributed by atoms with van der Waals surface area (Å²) in [6, 6.07) is 10.5. The molecule has 0 aliphatic heterocycles. The maximum atomic E-state index is 13.1. The third-order valence-corrected chi connectivity index (χ3v) is 3.04. The van der Waals surface area contributed by atoms with E-state index in [9.17, 15) is 14.5 Å². The predicted molar refractivity (Wildman–Crippen MR) is 84.1 cm³/mol. The molecule has 0 spiro atoms. The third kappa shape index (κ3) is 3.73. The monoisotopic (exact) mass is 305 g/mol. The highest BCUT2D eigenvalue weighted by Crippen LogP contribution is 2.25. The zero-order valence-electron chi connectivity index (χ0n) is 11.1. The molecule has 0 amide bonds. The fourth-order valence-corrected chi connectivity index (χ4v) is 2.04. The van der Waals surface area contributed by atoms with E-state index in [0.717, 1.165) is 0 Å². The summed E-state index contributed by atoms with van der Waals surface area (Å²) >= 11 is 5.12. The Hall–Kier alpha value is -2.54. The standard InChI is InChI=1S/C14H12FN3O2S/c1-9-12(6-3-7-13(9)18(19)20)17-14(21)16-11-5-2-4-10(15)8-11/h2-8H,1H3,(H2,16,17,21). The van der Waals surface area contributed by atoms with Crippen LogP contribution in [0.4, 0.5) is 21.5 Å². The van der Waals surface area contributed by atoms with Crippen LogP contribution in [0.1, 0.15) is 5.56 Å². The van der Waals surface area contributed by atoms with Gasteiger partial charge in [0.2, 0.25) is 0 Å². The summed E-state index contributed by atoms with van der Waals surface area (Å²) in [5.41, 5.74) is 1.51. The first kappa shape index (κ1) is 14.9. The van der Waals surface area contributed by atoms with Gasteiger partial charge in [-0.2, -0.15) is 0 Å². The van der Waals surface area contributed by atoms with Gasteiger partial charge in [-0.1, -0.05) is 12.1 Å². The summed E-state index contributed by atoms with van der Waals surface area (Å²) in [6.45, 7) is 1.63. The molecule has 0 aliphatic rings. The van der Waals surface area contributed by atoms with E-state index in [1.807, 2.05) is 0 Å². The molecule has 2 rings (SSSR count). The quantitative estimate of drug-likeness (QED) is 0.512. The smallest absolute Gasteiger partial charge is 0.274 e. The minimum absolute atomic E-state index is 0.00792. The highest BCUT2D eigenvalue weighted by atomic mass is 32.1. The highest BCUT2D eigenvalue weighted by Gasteiger charge is 2.13. The minimum Gasteiger partial charge on any atom is -0.332 e. The van der Waals surface area contributed by atoms with Crippen molar-refractivity contribution in [3.05, 3.63) is 64.0 Å². The van der Waals surface area contributed by atoms with Gasteiger partial charge in [0.05, 0.1) is 16.2 Å². The van der Waals surface area contributed by atoms with E-state index >= 15 is 0 Å². The van der Waals surface area contributed by atoms with E-state index in [2.05, 4.69) is 10.6 Å². The fraction of sp³-hybridized carbons (Fsp3) is 0.0714. The van der Waals surface area contributed by atoms with Crippen LogP contribution in [-0.2, 0) is 0 Å². The zero-order valence-corrected chi connectivity index (χ0v) is 11.9. The van der Waals surface area contributed by atoms with Crippen molar-refractivity contribution in [1.82, 2.24) is 0 Å². The molecule has 21 heavy (non-hydrogen) atoms. The van der Waals surface area contributed by atoms with Gasteiger partial charge in [-0.05, 0) is 43.4 Å². The van der Waals surface area contributed by atoms with Gasteiger partial charge < -0.3 is 10.6 Å². The molecule has 0 atom stereocenters. The van der Waals surface area contributed by atoms with E-state index in [0.29, 0.717) is 16.9 Å². The Morgan fingerprint density at radius 2 is 1.95 bits per heavy atom. The number of anilines is 2. The molecule has 2 aromatic rings. The van der Waals surface area contributed by atoms with Crippen molar-refractivity contribution in [1.29, 1.82) is 0 Å². The largest absolute Gasteiger partial charge is 0.332 e. The summed E-state index contributed by atoms with van der Waals surface area (Å²) in [7, 11) is 0. The fourth-order valence-electron chi connectivity index (χ4n) is 1.81. The Balaban J connectivity index is 2.13. The summed E-state index contributed by atoms with van der Waals surface area (Å²) in [5.74, 6) is -0.380. The Labute approximate surface area is 125 Å². The van der Waals surface area contributed by atoms with Crippen molar-refractivity contribution >= 4 is 34.4 Å². The van der Waals surface area contributed by atoms with Gasteiger partial charge in [-0.25, -0.2) is 4.39 Å². The van der Waals surface area contributed by atoms with Crippen LogP contribution in [0.15, 0.2) is 42.5 Å². The molecule has 0 unspecified atom stereocenters. The molecule has 2 N–H and O–H groups in total. The number of thiocarbonyl (C=S) groups is 1. The topological polar surface area (TPSA) is 67.2 Å². The highest BCUT2D eigenvalue weighted by molar-refractivity contribution is 7.80. The molecule has 5 nitrogen and oxygen atoms in total. The molecule has 0 fully saturated rings. The van der Waals surface area contributed by atoms with Crippen LogP contribution in [0.25, 0.3) is 0 Å². The van der Waals surface area contributed by atoms with Crippen LogP contribution in [0, 0.1) is 22.9 Å². The molecular formula is C14H12FN3O2S. The van der Waals surface area contributed by atoms with Gasteiger partial charge in [0.25, 0.3) is 5.69 Å². The van der Waals surface area contributed by atoms with E-state index < -0.39 is 4.92 Å². The number of hydrogen-bond donors (Lipinski definition) is 2. The normalized spacial score (nSPS) is 10.0. The van der Waals surface area contributed by atoms with Crippen LogP contribution in [0.2, 0.25) is 0 Å². The second-order valence-electron chi connectivity index (χ2n) is 4.30. The zero-order chi connectivity index (χ0) is 15.4. The average Bonchev–Trinajstić information content (AvgIpc) is 2.40. The predicted octanol–water partition coefficient (Wildman–Crippen LogP) is 3.85. The number of nitro groups is 1. The van der Waals surface area contributed by atoms with Crippen molar-refractivity contribution < 1.29 is 9.31 Å². The van der Waals surface area contributed by atoms with Crippen molar-refractivity contribution in [2.45, 2.75) is 6.92 Å². The van der Waals surface area contributed by atoms with Gasteiger partial charge in [0.15, 0.2) is 5.11 Å². The van der Waals surface area contributed by atoms with Gasteiger partial charge in [-0.15, -0.1) is 0 Å². The number of rotatable bonds is 3. The number of nitrogens with zero attached hydrogens (tertiary/aromatic N) is 1. The molecule has 0 radical (unpaired) electrons. The van der Waals surface area contributed by atoms with E-state index in [-0.39, 0.29) is 16.6 Å². The summed E-state index contributed by atoms with van der Waals surface area (Å²) in [5, 5.41) is 16.8. The Morgan fingerprint density at radius 1 is 1.24 bits per heavy atom. The van der Waals surface area contributed by atoms with Crippen LogP contribution in [-0.4, -0.2) is 10.0 Å². The van der Waals surface area contributed by atoms with Crippen LogP contribution in [0.3, 0.4) is 0 Å². The molecule has 2 aromatic carbocycles. The van der Waals surface area contributed by atoms with Gasteiger partial charge in [0, 0.05) is 11.8 Å². The van der Waals surface area contributed by atoms with E-state index in [1.54, 1.807) is 31.2 Å². The van der Waals surface area contributed by atoms with Crippen LogP contribution in [0.5, 0.6) is 0 Å². The first-order valence-electron chi connectivity index (χ1n) is 6.05. The number of benzene rings is 2. The molecule has 7 heteroatoms. The van der Waals surface area contributed by atoms with Crippen molar-refractivity contribution in [2.24, 2.45) is 0 Å². The Kier molecular flexibility index (Phi) is 4.44. The number of nitrogens with one attached hydrogen (secondary N) is 2. The van der Waals surface area contributed by atoms with Crippen molar-refractivity contribution in [3.63, 3.8) is 0 Å². The van der Waals surface area contributed by atoms with Gasteiger partial charge >= 0.3 is 0 Å². The molecule has 0 heterocycles. The molecule has 0 aliphatic carbocycles. The lowest BCUT2D eigenvalue weighted by Crippen LogP contribution is -2.19. The summed E-state index contributed by atoms with van der Waals surface area (Å²) < 4.78 is 13.1. The molecule has 0 bridgehead atoms. The van der Waals surface area contributed by atoms with Crippen LogP contribution < -0.4 is 10.6 Å². The van der Waals surface area contributed by atoms with Gasteiger partial charge in [0.1, 0.15) is 5.82 Å². The maximum Gasteiger partial charge on any atom is 0.274 e. The molecule has 0 saturated carbocycles. The number of halogens is 1. The van der Waals surface area contributed by atoms with Crippen molar-refractivity contribution in [3.8, 4) is 0 Å². The van der Waals surface area contributed by atoms with E-state index in [4.69, 9.17) is 12.2 Å². The Morgan fingerprint density at radius 3 is 2.62 bits per heavy atom. The number of hydrogen-bond acceptors (Lipinski definition) is 3. The summed E-state index contributed by atoms with van der Waals surface area (Å²) in [6.07, 6.45) is 0. The first-order chi connectivity index (χ1) is 9.97. The summed E-state index contributed by atoms with van der Waals surface area (Å²) in [4.78, 5) is 10.4.